The van der Waals surface area contributed by atoms with Gasteiger partial charge in [0.25, 0.3) is 0 Å². The third kappa shape index (κ3) is 4.40. The van der Waals surface area contributed by atoms with Gasteiger partial charge in [-0.3, -0.25) is 9.69 Å². The van der Waals surface area contributed by atoms with E-state index >= 15 is 0 Å². The number of benzene rings is 2. The van der Waals surface area contributed by atoms with Crippen LogP contribution in [0.3, 0.4) is 0 Å². The number of phenols is 1. The van der Waals surface area contributed by atoms with Gasteiger partial charge in [-0.1, -0.05) is 12.1 Å². The van der Waals surface area contributed by atoms with E-state index < -0.39 is 0 Å². The number of hydrogen-bond acceptors (Lipinski definition) is 5. The largest absolute Gasteiger partial charge is 0.508 e. The van der Waals surface area contributed by atoms with Crippen LogP contribution in [0.1, 0.15) is 28.8 Å². The van der Waals surface area contributed by atoms with Crippen molar-refractivity contribution >= 4 is 17.5 Å². The second-order valence-electron chi connectivity index (χ2n) is 6.66. The molecule has 1 heterocycles. The number of carbonyl (C=O) groups excluding carboxylic acids is 1. The Labute approximate surface area is 159 Å². The minimum absolute atomic E-state index is 0.0108. The standard InChI is InChI=1S/C21H25NO3S/c1-25-18-7-10-20(23)17(12-18)14-22-11-3-4-16(13-22)21(24)15-5-8-19(26-2)9-6-15/h5-10,12,16,23H,3-4,11,13-14H2,1-2H3. The van der Waals surface area contributed by atoms with Crippen LogP contribution in [0.15, 0.2) is 47.4 Å². The summed E-state index contributed by atoms with van der Waals surface area (Å²) in [6.07, 6.45) is 3.94. The lowest BCUT2D eigenvalue weighted by Crippen LogP contribution is -2.38. The van der Waals surface area contributed by atoms with Crippen molar-refractivity contribution in [1.29, 1.82) is 0 Å². The number of piperidine rings is 1. The highest BCUT2D eigenvalue weighted by atomic mass is 32.2. The molecule has 4 nitrogen and oxygen atoms in total. The van der Waals surface area contributed by atoms with Crippen molar-refractivity contribution in [3.8, 4) is 11.5 Å². The van der Waals surface area contributed by atoms with E-state index in [0.717, 1.165) is 42.8 Å². The maximum absolute atomic E-state index is 12.9. The summed E-state index contributed by atoms with van der Waals surface area (Å²) in [7, 11) is 1.62. The summed E-state index contributed by atoms with van der Waals surface area (Å²) in [5, 5.41) is 10.1. The smallest absolute Gasteiger partial charge is 0.167 e. The fourth-order valence-electron chi connectivity index (χ4n) is 3.46. The fraction of sp³-hybridized carbons (Fsp3) is 0.381. The zero-order valence-corrected chi connectivity index (χ0v) is 16.1. The summed E-state index contributed by atoms with van der Waals surface area (Å²) in [4.78, 5) is 16.3. The van der Waals surface area contributed by atoms with E-state index in [0.29, 0.717) is 6.54 Å². The lowest BCUT2D eigenvalue weighted by atomic mass is 9.90. The van der Waals surface area contributed by atoms with Gasteiger partial charge < -0.3 is 9.84 Å². The molecule has 26 heavy (non-hydrogen) atoms. The SMILES string of the molecule is COc1ccc(O)c(CN2CCCC(C(=O)c3ccc(SC)cc3)C2)c1. The zero-order chi connectivity index (χ0) is 18.5. The lowest BCUT2D eigenvalue weighted by molar-refractivity contribution is 0.0810. The number of carbonyl (C=O) groups is 1. The molecule has 0 amide bonds. The number of Topliss-reactive ketones (excluding diaryl/α,β-unsaturated/α-hetero) is 1. The highest BCUT2D eigenvalue weighted by Gasteiger charge is 2.27. The molecule has 1 aliphatic rings. The van der Waals surface area contributed by atoms with Crippen molar-refractivity contribution in [3.05, 3.63) is 53.6 Å². The molecule has 0 saturated carbocycles. The molecular weight excluding hydrogens is 346 g/mol. The fourth-order valence-corrected chi connectivity index (χ4v) is 3.87. The zero-order valence-electron chi connectivity index (χ0n) is 15.3. The molecule has 138 valence electrons. The monoisotopic (exact) mass is 371 g/mol. The second kappa shape index (κ2) is 8.60. The van der Waals surface area contributed by atoms with Gasteiger partial charge >= 0.3 is 0 Å². The minimum atomic E-state index is 0.0108. The molecule has 0 radical (unpaired) electrons. The summed E-state index contributed by atoms with van der Waals surface area (Å²) in [5.41, 5.74) is 1.63. The van der Waals surface area contributed by atoms with E-state index in [2.05, 4.69) is 4.90 Å². The molecule has 1 unspecified atom stereocenters. The van der Waals surface area contributed by atoms with Gasteiger partial charge in [0.1, 0.15) is 11.5 Å². The number of rotatable bonds is 6. The summed E-state index contributed by atoms with van der Waals surface area (Å²) in [6, 6.07) is 13.1. The van der Waals surface area contributed by atoms with Gasteiger partial charge in [0, 0.05) is 35.0 Å². The topological polar surface area (TPSA) is 49.8 Å². The highest BCUT2D eigenvalue weighted by molar-refractivity contribution is 7.98. The van der Waals surface area contributed by atoms with E-state index in [1.165, 1.54) is 4.90 Å². The predicted octanol–water partition coefficient (Wildman–Crippen LogP) is 4.22. The van der Waals surface area contributed by atoms with Gasteiger partial charge in [-0.2, -0.15) is 0 Å². The third-order valence-corrected chi connectivity index (χ3v) is 5.68. The van der Waals surface area contributed by atoms with Crippen LogP contribution >= 0.6 is 11.8 Å². The van der Waals surface area contributed by atoms with Gasteiger partial charge in [-0.25, -0.2) is 0 Å². The Balaban J connectivity index is 1.67. The van der Waals surface area contributed by atoms with E-state index in [-0.39, 0.29) is 17.5 Å². The molecule has 1 aliphatic heterocycles. The van der Waals surface area contributed by atoms with Crippen LogP contribution in [-0.4, -0.2) is 42.2 Å². The first-order valence-corrected chi connectivity index (χ1v) is 10.1. The van der Waals surface area contributed by atoms with Crippen molar-refractivity contribution in [2.45, 2.75) is 24.3 Å². The number of thioether (sulfide) groups is 1. The number of phenolic OH excluding ortho intramolecular Hbond substituents is 1. The third-order valence-electron chi connectivity index (χ3n) is 4.93. The minimum Gasteiger partial charge on any atom is -0.508 e. The molecule has 2 aromatic carbocycles. The quantitative estimate of drug-likeness (QED) is 0.609. The van der Waals surface area contributed by atoms with E-state index in [1.807, 2.05) is 36.6 Å². The second-order valence-corrected chi connectivity index (χ2v) is 7.54. The molecular formula is C21H25NO3S. The molecule has 0 aliphatic carbocycles. The summed E-state index contributed by atoms with van der Waals surface area (Å²) in [5.74, 6) is 1.23. The Kier molecular flexibility index (Phi) is 6.22. The number of ether oxygens (including phenoxy) is 1. The van der Waals surface area contributed by atoms with E-state index in [4.69, 9.17) is 4.74 Å². The average molecular weight is 372 g/mol. The number of hydrogen-bond donors (Lipinski definition) is 1. The summed E-state index contributed by atoms with van der Waals surface area (Å²) in [6.45, 7) is 2.28. The Morgan fingerprint density at radius 3 is 2.73 bits per heavy atom. The number of methoxy groups -OCH3 is 1. The van der Waals surface area contributed by atoms with Gasteiger partial charge in [0.15, 0.2) is 5.78 Å². The highest BCUT2D eigenvalue weighted by Crippen LogP contribution is 2.28. The maximum Gasteiger partial charge on any atom is 0.167 e. The van der Waals surface area contributed by atoms with Crippen molar-refractivity contribution in [1.82, 2.24) is 4.90 Å². The first-order chi connectivity index (χ1) is 12.6. The number of likely N-dealkylation sites (tertiary alicyclic amines) is 1. The van der Waals surface area contributed by atoms with E-state index in [9.17, 15) is 9.90 Å². The molecule has 1 atom stereocenters. The predicted molar refractivity (Wildman–Crippen MR) is 105 cm³/mol. The van der Waals surface area contributed by atoms with Crippen LogP contribution in [0.5, 0.6) is 11.5 Å². The van der Waals surface area contributed by atoms with Gasteiger partial charge in [0.05, 0.1) is 7.11 Å². The molecule has 0 aromatic heterocycles. The normalized spacial score (nSPS) is 17.8. The van der Waals surface area contributed by atoms with Crippen molar-refractivity contribution in [2.75, 3.05) is 26.5 Å². The maximum atomic E-state index is 12.9. The van der Waals surface area contributed by atoms with Crippen LogP contribution in [0.2, 0.25) is 0 Å². The molecule has 2 aromatic rings. The summed E-state index contributed by atoms with van der Waals surface area (Å²) < 4.78 is 5.25. The number of aromatic hydroxyl groups is 1. The number of nitrogens with zero attached hydrogens (tertiary/aromatic N) is 1. The number of ketones is 1. The Hall–Kier alpha value is -1.98. The first-order valence-electron chi connectivity index (χ1n) is 8.87. The van der Waals surface area contributed by atoms with Crippen LogP contribution in [-0.2, 0) is 6.54 Å². The van der Waals surface area contributed by atoms with Crippen LogP contribution < -0.4 is 4.74 Å². The van der Waals surface area contributed by atoms with Gasteiger partial charge in [-0.15, -0.1) is 11.8 Å². The molecule has 0 bridgehead atoms. The molecule has 0 spiro atoms. The van der Waals surface area contributed by atoms with Gasteiger partial charge in [-0.05, 0) is 56.0 Å². The van der Waals surface area contributed by atoms with Crippen molar-refractivity contribution < 1.29 is 14.6 Å². The van der Waals surface area contributed by atoms with Gasteiger partial charge in [0.2, 0.25) is 0 Å². The van der Waals surface area contributed by atoms with Crippen molar-refractivity contribution in [2.24, 2.45) is 5.92 Å². The lowest BCUT2D eigenvalue weighted by Gasteiger charge is -2.32. The van der Waals surface area contributed by atoms with Crippen LogP contribution in [0, 0.1) is 5.92 Å². The molecule has 3 rings (SSSR count). The summed E-state index contributed by atoms with van der Waals surface area (Å²) >= 11 is 1.68. The first kappa shape index (κ1) is 18.8. The Morgan fingerprint density at radius 1 is 1.27 bits per heavy atom. The molecule has 1 fully saturated rings. The Morgan fingerprint density at radius 2 is 2.04 bits per heavy atom. The van der Waals surface area contributed by atoms with Crippen LogP contribution in [0.25, 0.3) is 0 Å². The van der Waals surface area contributed by atoms with Crippen LogP contribution in [0.4, 0.5) is 0 Å². The molecule has 5 heteroatoms. The molecule has 1 saturated heterocycles. The van der Waals surface area contributed by atoms with Crippen molar-refractivity contribution in [3.63, 3.8) is 0 Å². The van der Waals surface area contributed by atoms with E-state index in [1.54, 1.807) is 31.0 Å². The Bertz CT molecular complexity index is 760. The molecule has 1 N–H and O–H groups in total. The average Bonchev–Trinajstić information content (AvgIpc) is 2.69.